The summed E-state index contributed by atoms with van der Waals surface area (Å²) in [5, 5.41) is 8.91. The quantitative estimate of drug-likeness (QED) is 0.784. The molecular formula is C14H20FNO2. The zero-order valence-electron chi connectivity index (χ0n) is 10.6. The van der Waals surface area contributed by atoms with Gasteiger partial charge in [0.2, 0.25) is 0 Å². The van der Waals surface area contributed by atoms with Crippen molar-refractivity contribution in [2.45, 2.75) is 26.2 Å². The van der Waals surface area contributed by atoms with Crippen LogP contribution in [0.15, 0.2) is 24.3 Å². The molecule has 0 saturated heterocycles. The third-order valence-electron chi connectivity index (χ3n) is 3.14. The van der Waals surface area contributed by atoms with Crippen LogP contribution in [0.5, 0.6) is 0 Å². The van der Waals surface area contributed by atoms with E-state index in [4.69, 9.17) is 10.8 Å². The van der Waals surface area contributed by atoms with Crippen LogP contribution in [-0.4, -0.2) is 17.6 Å². The normalized spacial score (nSPS) is 14.2. The molecule has 3 nitrogen and oxygen atoms in total. The fourth-order valence-corrected chi connectivity index (χ4v) is 2.01. The van der Waals surface area contributed by atoms with Gasteiger partial charge in [0.25, 0.3) is 0 Å². The number of carbonyl (C=O) groups is 1. The van der Waals surface area contributed by atoms with Crippen molar-refractivity contribution in [3.63, 3.8) is 0 Å². The summed E-state index contributed by atoms with van der Waals surface area (Å²) in [6, 6.07) is 6.51. The van der Waals surface area contributed by atoms with Gasteiger partial charge >= 0.3 is 5.97 Å². The lowest BCUT2D eigenvalue weighted by molar-refractivity contribution is -0.141. The van der Waals surface area contributed by atoms with Crippen molar-refractivity contribution in [1.82, 2.24) is 0 Å². The molecule has 0 heterocycles. The van der Waals surface area contributed by atoms with Gasteiger partial charge in [-0.25, -0.2) is 4.39 Å². The summed E-state index contributed by atoms with van der Waals surface area (Å²) in [4.78, 5) is 10.9. The van der Waals surface area contributed by atoms with Crippen molar-refractivity contribution in [3.8, 4) is 0 Å². The lowest BCUT2D eigenvalue weighted by Crippen LogP contribution is -2.25. The number of carboxylic acids is 1. The Bertz CT molecular complexity index is 395. The summed E-state index contributed by atoms with van der Waals surface area (Å²) in [6.45, 7) is 2.17. The maximum Gasteiger partial charge on any atom is 0.307 e. The molecule has 2 unspecified atom stereocenters. The molecule has 0 fully saturated rings. The Hall–Kier alpha value is -1.42. The monoisotopic (exact) mass is 253 g/mol. The van der Waals surface area contributed by atoms with Gasteiger partial charge < -0.3 is 10.8 Å². The smallest absolute Gasteiger partial charge is 0.307 e. The van der Waals surface area contributed by atoms with E-state index < -0.39 is 11.9 Å². The Kier molecular flexibility index (Phi) is 5.78. The second kappa shape index (κ2) is 7.11. The number of nitrogens with two attached hydrogens (primary N) is 1. The van der Waals surface area contributed by atoms with E-state index >= 15 is 0 Å². The number of carboxylic acid groups (broad SMARTS) is 1. The van der Waals surface area contributed by atoms with Crippen LogP contribution in [0, 0.1) is 17.7 Å². The van der Waals surface area contributed by atoms with E-state index in [0.717, 1.165) is 18.4 Å². The maximum absolute atomic E-state index is 13.0. The molecule has 1 aromatic rings. The number of aliphatic carboxylic acids is 1. The van der Waals surface area contributed by atoms with Crippen LogP contribution in [0.2, 0.25) is 0 Å². The van der Waals surface area contributed by atoms with Gasteiger partial charge in [-0.2, -0.15) is 0 Å². The fraction of sp³-hybridized carbons (Fsp3) is 0.500. The highest BCUT2D eigenvalue weighted by Crippen LogP contribution is 2.18. The minimum atomic E-state index is -0.838. The number of hydrogen-bond donors (Lipinski definition) is 2. The summed E-state index contributed by atoms with van der Waals surface area (Å²) >= 11 is 0. The van der Waals surface area contributed by atoms with E-state index in [1.54, 1.807) is 6.07 Å². The minimum absolute atomic E-state index is 0.166. The van der Waals surface area contributed by atoms with Crippen LogP contribution >= 0.6 is 0 Å². The minimum Gasteiger partial charge on any atom is -0.481 e. The first-order chi connectivity index (χ1) is 8.52. The van der Waals surface area contributed by atoms with Crippen LogP contribution in [0.4, 0.5) is 4.39 Å². The molecule has 0 saturated carbocycles. The van der Waals surface area contributed by atoms with Gasteiger partial charge in [-0.3, -0.25) is 4.79 Å². The van der Waals surface area contributed by atoms with E-state index in [9.17, 15) is 9.18 Å². The average molecular weight is 253 g/mol. The molecule has 4 heteroatoms. The predicted octanol–water partition coefficient (Wildman–Crippen LogP) is 2.44. The average Bonchev–Trinajstić information content (AvgIpc) is 2.33. The molecule has 0 bridgehead atoms. The molecule has 18 heavy (non-hydrogen) atoms. The van der Waals surface area contributed by atoms with Gasteiger partial charge in [0, 0.05) is 6.54 Å². The Morgan fingerprint density at radius 2 is 2.22 bits per heavy atom. The molecule has 1 rings (SSSR count). The molecule has 1 aromatic carbocycles. The highest BCUT2D eigenvalue weighted by Gasteiger charge is 2.18. The van der Waals surface area contributed by atoms with Crippen molar-refractivity contribution < 1.29 is 14.3 Å². The van der Waals surface area contributed by atoms with Gasteiger partial charge in [0.05, 0.1) is 5.92 Å². The zero-order valence-corrected chi connectivity index (χ0v) is 10.6. The topological polar surface area (TPSA) is 63.3 Å². The Morgan fingerprint density at radius 1 is 1.50 bits per heavy atom. The molecular weight excluding hydrogens is 233 g/mol. The summed E-state index contributed by atoms with van der Waals surface area (Å²) in [7, 11) is 0. The number of rotatable bonds is 7. The molecule has 0 aromatic heterocycles. The Morgan fingerprint density at radius 3 is 2.78 bits per heavy atom. The molecule has 3 N–H and O–H groups in total. The molecule has 0 amide bonds. The second-order valence-corrected chi connectivity index (χ2v) is 4.78. The van der Waals surface area contributed by atoms with Crippen LogP contribution in [0.25, 0.3) is 0 Å². The molecule has 0 spiro atoms. The standard InChI is InChI=1S/C14H20FNO2/c1-10(7-12(9-16)14(17)18)5-6-11-3-2-4-13(15)8-11/h2-4,8,10,12H,5-7,9,16H2,1H3,(H,17,18). The van der Waals surface area contributed by atoms with Gasteiger partial charge in [0.15, 0.2) is 0 Å². The Balaban J connectivity index is 2.41. The molecule has 0 aliphatic carbocycles. The lowest BCUT2D eigenvalue weighted by atomic mass is 9.91. The molecule has 0 aliphatic rings. The van der Waals surface area contributed by atoms with Gasteiger partial charge in [0.1, 0.15) is 5.82 Å². The van der Waals surface area contributed by atoms with Crippen LogP contribution in [0.3, 0.4) is 0 Å². The van der Waals surface area contributed by atoms with Crippen molar-refractivity contribution in [2.24, 2.45) is 17.6 Å². The predicted molar refractivity (Wildman–Crippen MR) is 68.7 cm³/mol. The van der Waals surface area contributed by atoms with Crippen LogP contribution in [0.1, 0.15) is 25.3 Å². The SMILES string of the molecule is CC(CCc1cccc(F)c1)CC(CN)C(=O)O. The highest BCUT2D eigenvalue weighted by atomic mass is 19.1. The first-order valence-corrected chi connectivity index (χ1v) is 6.20. The number of benzene rings is 1. The fourth-order valence-electron chi connectivity index (χ4n) is 2.01. The molecule has 100 valence electrons. The van der Waals surface area contributed by atoms with E-state index in [0.29, 0.717) is 6.42 Å². The number of hydrogen-bond acceptors (Lipinski definition) is 2. The third-order valence-corrected chi connectivity index (χ3v) is 3.14. The van der Waals surface area contributed by atoms with Crippen molar-refractivity contribution in [2.75, 3.05) is 6.54 Å². The summed E-state index contributed by atoms with van der Waals surface area (Å²) < 4.78 is 13.0. The lowest BCUT2D eigenvalue weighted by Gasteiger charge is -2.16. The van der Waals surface area contributed by atoms with Crippen molar-refractivity contribution >= 4 is 5.97 Å². The van der Waals surface area contributed by atoms with Crippen LogP contribution in [-0.2, 0) is 11.2 Å². The molecule has 0 radical (unpaired) electrons. The number of halogens is 1. The number of aryl methyl sites for hydroxylation is 1. The van der Waals surface area contributed by atoms with Gasteiger partial charge in [-0.15, -0.1) is 0 Å². The van der Waals surface area contributed by atoms with E-state index in [2.05, 4.69) is 0 Å². The van der Waals surface area contributed by atoms with Crippen molar-refractivity contribution in [3.05, 3.63) is 35.6 Å². The largest absolute Gasteiger partial charge is 0.481 e. The summed E-state index contributed by atoms with van der Waals surface area (Å²) in [6.07, 6.45) is 2.17. The third kappa shape index (κ3) is 4.84. The summed E-state index contributed by atoms with van der Waals surface area (Å²) in [5.41, 5.74) is 6.36. The van der Waals surface area contributed by atoms with E-state index in [1.807, 2.05) is 13.0 Å². The van der Waals surface area contributed by atoms with Gasteiger partial charge in [-0.05, 0) is 42.9 Å². The van der Waals surface area contributed by atoms with Crippen LogP contribution < -0.4 is 5.73 Å². The van der Waals surface area contributed by atoms with E-state index in [-0.39, 0.29) is 18.3 Å². The van der Waals surface area contributed by atoms with Gasteiger partial charge in [-0.1, -0.05) is 19.1 Å². The summed E-state index contributed by atoms with van der Waals surface area (Å²) in [5.74, 6) is -1.29. The zero-order chi connectivity index (χ0) is 13.5. The Labute approximate surface area is 107 Å². The van der Waals surface area contributed by atoms with E-state index in [1.165, 1.54) is 12.1 Å². The second-order valence-electron chi connectivity index (χ2n) is 4.78. The molecule has 2 atom stereocenters. The first kappa shape index (κ1) is 14.6. The highest BCUT2D eigenvalue weighted by molar-refractivity contribution is 5.70. The maximum atomic E-state index is 13.0. The first-order valence-electron chi connectivity index (χ1n) is 6.20. The molecule has 0 aliphatic heterocycles. The van der Waals surface area contributed by atoms with Crippen molar-refractivity contribution in [1.29, 1.82) is 0 Å².